The van der Waals surface area contributed by atoms with E-state index < -0.39 is 0 Å². The number of aromatic nitrogens is 2. The van der Waals surface area contributed by atoms with E-state index in [0.29, 0.717) is 5.92 Å². The largest absolute Gasteiger partial charge is 0.341 e. The van der Waals surface area contributed by atoms with Crippen molar-refractivity contribution in [1.29, 1.82) is 0 Å². The molecule has 0 aliphatic carbocycles. The summed E-state index contributed by atoms with van der Waals surface area (Å²) in [6, 6.07) is -0.124. The van der Waals surface area contributed by atoms with Crippen molar-refractivity contribution in [3.8, 4) is 0 Å². The van der Waals surface area contributed by atoms with Crippen LogP contribution >= 0.6 is 0 Å². The summed E-state index contributed by atoms with van der Waals surface area (Å²) < 4.78 is 2.05. The molecule has 0 radical (unpaired) electrons. The lowest BCUT2D eigenvalue weighted by atomic mass is 9.99. The second-order valence-corrected chi connectivity index (χ2v) is 5.29. The van der Waals surface area contributed by atoms with Crippen molar-refractivity contribution in [1.82, 2.24) is 19.8 Å². The highest BCUT2D eigenvalue weighted by atomic mass is 16.2. The standard InChI is InChI=1S/C13H20N4O/c1-10(13(18)16-4-2-3-5-16)17-9-15-8-12(17)11-6-14-7-11/h8-11,14H,2-7H2,1H3. The van der Waals surface area contributed by atoms with Gasteiger partial charge in [0.1, 0.15) is 6.04 Å². The van der Waals surface area contributed by atoms with Gasteiger partial charge in [-0.1, -0.05) is 0 Å². The lowest BCUT2D eigenvalue weighted by Crippen LogP contribution is -2.42. The van der Waals surface area contributed by atoms with E-state index in [2.05, 4.69) is 10.3 Å². The number of nitrogens with one attached hydrogen (secondary N) is 1. The minimum atomic E-state index is -0.124. The van der Waals surface area contributed by atoms with Crippen LogP contribution in [0.3, 0.4) is 0 Å². The first kappa shape index (κ1) is 11.7. The SMILES string of the molecule is CC(C(=O)N1CCCC1)n1cncc1C1CNC1. The van der Waals surface area contributed by atoms with Crippen LogP contribution in [0.1, 0.15) is 37.4 Å². The number of nitrogens with zero attached hydrogens (tertiary/aromatic N) is 3. The van der Waals surface area contributed by atoms with Crippen molar-refractivity contribution in [3.05, 3.63) is 18.2 Å². The predicted molar refractivity (Wildman–Crippen MR) is 68.4 cm³/mol. The summed E-state index contributed by atoms with van der Waals surface area (Å²) in [5, 5.41) is 3.26. The van der Waals surface area contributed by atoms with Crippen molar-refractivity contribution < 1.29 is 4.79 Å². The van der Waals surface area contributed by atoms with E-state index >= 15 is 0 Å². The van der Waals surface area contributed by atoms with E-state index in [4.69, 9.17) is 0 Å². The van der Waals surface area contributed by atoms with Gasteiger partial charge in [0.05, 0.1) is 6.33 Å². The molecule has 18 heavy (non-hydrogen) atoms. The smallest absolute Gasteiger partial charge is 0.245 e. The molecule has 1 aromatic heterocycles. The van der Waals surface area contributed by atoms with Crippen molar-refractivity contribution >= 4 is 5.91 Å². The van der Waals surface area contributed by atoms with Crippen LogP contribution in [0.25, 0.3) is 0 Å². The fourth-order valence-corrected chi connectivity index (χ4v) is 2.77. The average molecular weight is 248 g/mol. The number of imidazole rings is 1. The molecule has 5 nitrogen and oxygen atoms in total. The summed E-state index contributed by atoms with van der Waals surface area (Å²) in [5.74, 6) is 0.750. The number of amides is 1. The summed E-state index contributed by atoms with van der Waals surface area (Å²) in [4.78, 5) is 18.6. The second-order valence-electron chi connectivity index (χ2n) is 5.29. The first-order chi connectivity index (χ1) is 8.77. The molecule has 3 rings (SSSR count). The molecule has 1 aromatic rings. The zero-order chi connectivity index (χ0) is 12.5. The van der Waals surface area contributed by atoms with Gasteiger partial charge in [0.25, 0.3) is 0 Å². The Kier molecular flexibility index (Phi) is 3.07. The predicted octanol–water partition coefficient (Wildman–Crippen LogP) is 0.753. The molecule has 1 N–H and O–H groups in total. The fraction of sp³-hybridized carbons (Fsp3) is 0.692. The van der Waals surface area contributed by atoms with Crippen LogP contribution in [0.15, 0.2) is 12.5 Å². The number of hydrogen-bond acceptors (Lipinski definition) is 3. The third-order valence-corrected chi connectivity index (χ3v) is 4.09. The summed E-state index contributed by atoms with van der Waals surface area (Å²) in [7, 11) is 0. The zero-order valence-electron chi connectivity index (χ0n) is 10.8. The normalized spacial score (nSPS) is 21.9. The van der Waals surface area contributed by atoms with Gasteiger partial charge in [-0.2, -0.15) is 0 Å². The van der Waals surface area contributed by atoms with Gasteiger partial charge in [-0.05, 0) is 19.8 Å². The molecular formula is C13H20N4O. The summed E-state index contributed by atoms with van der Waals surface area (Å²) in [6.07, 6.45) is 5.98. The maximum absolute atomic E-state index is 12.4. The summed E-state index contributed by atoms with van der Waals surface area (Å²) in [6.45, 7) is 5.81. The van der Waals surface area contributed by atoms with E-state index in [9.17, 15) is 4.79 Å². The number of carbonyl (C=O) groups excluding carboxylic acids is 1. The molecule has 2 aliphatic heterocycles. The molecule has 0 saturated carbocycles. The third-order valence-electron chi connectivity index (χ3n) is 4.09. The van der Waals surface area contributed by atoms with Crippen molar-refractivity contribution in [3.63, 3.8) is 0 Å². The molecule has 98 valence electrons. The molecule has 2 saturated heterocycles. The highest BCUT2D eigenvalue weighted by Gasteiger charge is 2.29. The lowest BCUT2D eigenvalue weighted by Gasteiger charge is -2.30. The molecule has 1 unspecified atom stereocenters. The van der Waals surface area contributed by atoms with Crippen molar-refractivity contribution in [2.45, 2.75) is 31.7 Å². The number of carbonyl (C=O) groups is 1. The number of likely N-dealkylation sites (tertiary alicyclic amines) is 1. The van der Waals surface area contributed by atoms with Crippen molar-refractivity contribution in [2.75, 3.05) is 26.2 Å². The van der Waals surface area contributed by atoms with Crippen LogP contribution in [0, 0.1) is 0 Å². The molecule has 2 fully saturated rings. The Morgan fingerprint density at radius 1 is 1.44 bits per heavy atom. The Labute approximate surface area is 107 Å². The second kappa shape index (κ2) is 4.72. The van der Waals surface area contributed by atoms with Crippen LogP contribution in [0.4, 0.5) is 0 Å². The minimum Gasteiger partial charge on any atom is -0.341 e. The lowest BCUT2D eigenvalue weighted by molar-refractivity contribution is -0.133. The summed E-state index contributed by atoms with van der Waals surface area (Å²) in [5.41, 5.74) is 1.19. The van der Waals surface area contributed by atoms with Crippen LogP contribution in [-0.4, -0.2) is 46.5 Å². The van der Waals surface area contributed by atoms with E-state index in [1.807, 2.05) is 22.6 Å². The Balaban J connectivity index is 1.76. The molecule has 3 heterocycles. The Morgan fingerprint density at radius 3 is 2.78 bits per heavy atom. The van der Waals surface area contributed by atoms with Gasteiger partial charge in [-0.25, -0.2) is 4.98 Å². The van der Waals surface area contributed by atoms with E-state index in [0.717, 1.165) is 39.0 Å². The maximum atomic E-state index is 12.4. The highest BCUT2D eigenvalue weighted by molar-refractivity contribution is 5.80. The monoisotopic (exact) mass is 248 g/mol. The van der Waals surface area contributed by atoms with E-state index in [1.54, 1.807) is 6.33 Å². The number of hydrogen-bond donors (Lipinski definition) is 1. The van der Waals surface area contributed by atoms with Crippen molar-refractivity contribution in [2.24, 2.45) is 0 Å². The van der Waals surface area contributed by atoms with Crippen LogP contribution in [-0.2, 0) is 4.79 Å². The van der Waals surface area contributed by atoms with Crippen LogP contribution < -0.4 is 5.32 Å². The molecule has 0 spiro atoms. The molecule has 5 heteroatoms. The third kappa shape index (κ3) is 1.92. The van der Waals surface area contributed by atoms with E-state index in [-0.39, 0.29) is 11.9 Å². The first-order valence-corrected chi connectivity index (χ1v) is 6.78. The molecule has 2 aliphatic rings. The van der Waals surface area contributed by atoms with Gasteiger partial charge in [0.15, 0.2) is 0 Å². The van der Waals surface area contributed by atoms with Gasteiger partial charge in [-0.15, -0.1) is 0 Å². The fourth-order valence-electron chi connectivity index (χ4n) is 2.77. The molecule has 1 atom stereocenters. The Hall–Kier alpha value is -1.36. The number of rotatable bonds is 3. The van der Waals surface area contributed by atoms with Gasteiger partial charge in [-0.3, -0.25) is 4.79 Å². The zero-order valence-corrected chi connectivity index (χ0v) is 10.8. The molecule has 1 amide bonds. The van der Waals surface area contributed by atoms with Gasteiger partial charge in [0, 0.05) is 44.0 Å². The molecule has 0 aromatic carbocycles. The van der Waals surface area contributed by atoms with Gasteiger partial charge < -0.3 is 14.8 Å². The highest BCUT2D eigenvalue weighted by Crippen LogP contribution is 2.24. The van der Waals surface area contributed by atoms with Crippen LogP contribution in [0.2, 0.25) is 0 Å². The topological polar surface area (TPSA) is 50.2 Å². The van der Waals surface area contributed by atoms with Crippen LogP contribution in [0.5, 0.6) is 0 Å². The summed E-state index contributed by atoms with van der Waals surface area (Å²) >= 11 is 0. The first-order valence-electron chi connectivity index (χ1n) is 6.78. The van der Waals surface area contributed by atoms with Gasteiger partial charge in [0.2, 0.25) is 5.91 Å². The maximum Gasteiger partial charge on any atom is 0.245 e. The molecular weight excluding hydrogens is 228 g/mol. The van der Waals surface area contributed by atoms with Gasteiger partial charge >= 0.3 is 0 Å². The quantitative estimate of drug-likeness (QED) is 0.859. The average Bonchev–Trinajstić information content (AvgIpc) is 2.95. The Morgan fingerprint density at radius 2 is 2.17 bits per heavy atom. The Bertz CT molecular complexity index is 432. The minimum absolute atomic E-state index is 0.124. The van der Waals surface area contributed by atoms with E-state index in [1.165, 1.54) is 5.69 Å². The molecule has 0 bridgehead atoms.